The molecule has 0 amide bonds. The number of nitrogens with zero attached hydrogens (tertiary/aromatic N) is 3. The molecule has 0 unspecified atom stereocenters. The van der Waals surface area contributed by atoms with E-state index < -0.39 is 24.5 Å². The molecule has 19 heavy (non-hydrogen) atoms. The Hall–Kier alpha value is -0.480. The molecule has 1 fully saturated rings. The molecule has 0 aromatic carbocycles. The highest BCUT2D eigenvalue weighted by Crippen LogP contribution is 2.35. The molecule has 0 bridgehead atoms. The first kappa shape index (κ1) is 13.5. The molecule has 1 saturated heterocycles. The summed E-state index contributed by atoms with van der Waals surface area (Å²) in [7, 11) is 0. The first-order chi connectivity index (χ1) is 9.00. The number of aliphatic hydroxyl groups excluding tert-OH is 2. The fraction of sp³-hybridized carbons (Fsp3) is 0.455. The Morgan fingerprint density at radius 1 is 1.37 bits per heavy atom. The molecule has 0 radical (unpaired) electrons. The van der Waals surface area contributed by atoms with Gasteiger partial charge < -0.3 is 19.5 Å². The van der Waals surface area contributed by atoms with Gasteiger partial charge in [-0.3, -0.25) is 0 Å². The number of aliphatic hydroxyl groups is 2. The third-order valence-corrected chi connectivity index (χ3v) is 4.37. The van der Waals surface area contributed by atoms with Crippen molar-refractivity contribution in [1.29, 1.82) is 0 Å². The van der Waals surface area contributed by atoms with Gasteiger partial charge in [0.15, 0.2) is 6.23 Å². The van der Waals surface area contributed by atoms with E-state index in [2.05, 4.69) is 32.6 Å². The molecular weight excluding hydrogens is 384 g/mol. The van der Waals surface area contributed by atoms with Gasteiger partial charge in [-0.2, -0.15) is 0 Å². The third kappa shape index (κ3) is 2.04. The molecule has 4 atom stereocenters. The van der Waals surface area contributed by atoms with Crippen molar-refractivity contribution in [2.45, 2.75) is 31.5 Å². The summed E-state index contributed by atoms with van der Waals surface area (Å²) in [5.41, 5.74) is 0.578. The number of rotatable bonds is 1. The summed E-state index contributed by atoms with van der Waals surface area (Å²) in [5.74, 6) is 0. The number of aromatic nitrogens is 3. The highest BCUT2D eigenvalue weighted by Gasteiger charge is 2.42. The van der Waals surface area contributed by atoms with Crippen LogP contribution in [0.3, 0.4) is 0 Å². The van der Waals surface area contributed by atoms with Crippen molar-refractivity contribution in [3.63, 3.8) is 0 Å². The molecule has 8 heteroatoms. The predicted octanol–water partition coefficient (Wildman–Crippen LogP) is 1.33. The van der Waals surface area contributed by atoms with Crippen LogP contribution in [-0.2, 0) is 4.74 Å². The monoisotopic (exact) mass is 395 g/mol. The van der Waals surface area contributed by atoms with Crippen molar-refractivity contribution in [3.8, 4) is 0 Å². The second-order valence-electron chi connectivity index (χ2n) is 4.46. The summed E-state index contributed by atoms with van der Waals surface area (Å²) in [6, 6.07) is 0. The molecule has 2 aromatic rings. The summed E-state index contributed by atoms with van der Waals surface area (Å²) in [6.45, 7) is 1.71. The molecule has 1 aliphatic heterocycles. The van der Waals surface area contributed by atoms with Gasteiger partial charge >= 0.3 is 0 Å². The van der Waals surface area contributed by atoms with Crippen LogP contribution < -0.4 is 0 Å². The van der Waals surface area contributed by atoms with Crippen LogP contribution in [0.2, 0.25) is 5.15 Å². The van der Waals surface area contributed by atoms with Crippen LogP contribution in [0, 0.1) is 3.57 Å². The lowest BCUT2D eigenvalue weighted by atomic mass is 10.1. The number of hydrogen-bond donors (Lipinski definition) is 2. The number of ether oxygens (including phenoxy) is 1. The Morgan fingerprint density at radius 3 is 2.74 bits per heavy atom. The standard InChI is InChI=1S/C11H11ClIN3O3/c1-4-7(17)8(18)11(19-4)16-2-5(13)6-9(12)14-3-15-10(6)16/h2-4,7-8,11,17-18H,1H3/t4-,7+,8+,11-/m1/s1. The van der Waals surface area contributed by atoms with Crippen molar-refractivity contribution in [2.75, 3.05) is 0 Å². The van der Waals surface area contributed by atoms with E-state index in [0.29, 0.717) is 10.8 Å². The molecule has 3 heterocycles. The quantitative estimate of drug-likeness (QED) is 0.562. The maximum Gasteiger partial charge on any atom is 0.164 e. The topological polar surface area (TPSA) is 80.4 Å². The average molecular weight is 396 g/mol. The molecule has 0 aliphatic carbocycles. The molecular formula is C11H11ClIN3O3. The smallest absolute Gasteiger partial charge is 0.164 e. The summed E-state index contributed by atoms with van der Waals surface area (Å²) >= 11 is 8.18. The van der Waals surface area contributed by atoms with Crippen molar-refractivity contribution >= 4 is 45.2 Å². The van der Waals surface area contributed by atoms with E-state index >= 15 is 0 Å². The van der Waals surface area contributed by atoms with Crippen LogP contribution in [0.5, 0.6) is 0 Å². The maximum atomic E-state index is 10.0. The summed E-state index contributed by atoms with van der Waals surface area (Å²) in [6.07, 6.45) is 0.102. The van der Waals surface area contributed by atoms with Crippen LogP contribution in [0.15, 0.2) is 12.5 Å². The van der Waals surface area contributed by atoms with Gasteiger partial charge in [0.1, 0.15) is 29.3 Å². The van der Waals surface area contributed by atoms with Gasteiger partial charge in [-0.05, 0) is 29.5 Å². The third-order valence-electron chi connectivity index (χ3n) is 3.27. The predicted molar refractivity (Wildman–Crippen MR) is 76.9 cm³/mol. The Balaban J connectivity index is 2.14. The van der Waals surface area contributed by atoms with E-state index in [1.54, 1.807) is 17.7 Å². The van der Waals surface area contributed by atoms with Crippen LogP contribution >= 0.6 is 34.2 Å². The van der Waals surface area contributed by atoms with Gasteiger partial charge in [0.25, 0.3) is 0 Å². The van der Waals surface area contributed by atoms with Crippen molar-refractivity contribution in [2.24, 2.45) is 0 Å². The van der Waals surface area contributed by atoms with E-state index in [-0.39, 0.29) is 0 Å². The van der Waals surface area contributed by atoms with E-state index in [1.165, 1.54) is 6.33 Å². The lowest BCUT2D eigenvalue weighted by Gasteiger charge is -2.17. The summed E-state index contributed by atoms with van der Waals surface area (Å²) in [4.78, 5) is 8.12. The van der Waals surface area contributed by atoms with Gasteiger partial charge in [0.2, 0.25) is 0 Å². The van der Waals surface area contributed by atoms with Crippen molar-refractivity contribution in [1.82, 2.24) is 14.5 Å². The number of fused-ring (bicyclic) bond motifs is 1. The SMILES string of the molecule is C[C@H]1O[C@@H](n2cc(I)c3c(Cl)ncnc32)[C@@H](O)[C@H]1O. The van der Waals surface area contributed by atoms with E-state index in [9.17, 15) is 10.2 Å². The van der Waals surface area contributed by atoms with Crippen LogP contribution in [0.25, 0.3) is 11.0 Å². The second-order valence-corrected chi connectivity index (χ2v) is 5.98. The highest BCUT2D eigenvalue weighted by molar-refractivity contribution is 14.1. The second kappa shape index (κ2) is 4.81. The zero-order valence-corrected chi connectivity index (χ0v) is 12.8. The summed E-state index contributed by atoms with van der Waals surface area (Å²) in [5, 5.41) is 20.9. The zero-order chi connectivity index (χ0) is 13.7. The first-order valence-corrected chi connectivity index (χ1v) is 7.14. The summed E-state index contributed by atoms with van der Waals surface area (Å²) < 4.78 is 8.14. The van der Waals surface area contributed by atoms with Gasteiger partial charge in [-0.15, -0.1) is 0 Å². The lowest BCUT2D eigenvalue weighted by Crippen LogP contribution is -2.30. The molecule has 2 aromatic heterocycles. The molecule has 0 spiro atoms. The van der Waals surface area contributed by atoms with Gasteiger partial charge in [-0.25, -0.2) is 9.97 Å². The Bertz CT molecular complexity index is 635. The lowest BCUT2D eigenvalue weighted by molar-refractivity contribution is -0.0297. The average Bonchev–Trinajstić information content (AvgIpc) is 2.83. The Morgan fingerprint density at radius 2 is 2.11 bits per heavy atom. The highest BCUT2D eigenvalue weighted by atomic mass is 127. The number of hydrogen-bond acceptors (Lipinski definition) is 5. The first-order valence-electron chi connectivity index (χ1n) is 5.69. The number of halogens is 2. The largest absolute Gasteiger partial charge is 0.388 e. The zero-order valence-electron chi connectivity index (χ0n) is 9.86. The minimum absolute atomic E-state index is 0.356. The molecule has 2 N–H and O–H groups in total. The van der Waals surface area contributed by atoms with Gasteiger partial charge in [0, 0.05) is 9.77 Å². The van der Waals surface area contributed by atoms with E-state index in [1.807, 2.05) is 0 Å². The Labute approximate surface area is 127 Å². The molecule has 1 aliphatic rings. The fourth-order valence-electron chi connectivity index (χ4n) is 2.26. The van der Waals surface area contributed by atoms with Crippen molar-refractivity contribution < 1.29 is 14.9 Å². The molecule has 102 valence electrons. The van der Waals surface area contributed by atoms with Crippen LogP contribution in [0.1, 0.15) is 13.2 Å². The minimum Gasteiger partial charge on any atom is -0.388 e. The van der Waals surface area contributed by atoms with Crippen molar-refractivity contribution in [3.05, 3.63) is 21.2 Å². The van der Waals surface area contributed by atoms with E-state index in [4.69, 9.17) is 16.3 Å². The normalized spacial score (nSPS) is 31.2. The van der Waals surface area contributed by atoms with Gasteiger partial charge in [0.05, 0.1) is 11.5 Å². The maximum absolute atomic E-state index is 10.0. The molecule has 3 rings (SSSR count). The fourth-order valence-corrected chi connectivity index (χ4v) is 3.44. The van der Waals surface area contributed by atoms with Gasteiger partial charge in [-0.1, -0.05) is 11.6 Å². The molecule has 6 nitrogen and oxygen atoms in total. The minimum atomic E-state index is -1.00. The van der Waals surface area contributed by atoms with Crippen LogP contribution in [0.4, 0.5) is 0 Å². The Kier molecular flexibility index (Phi) is 3.42. The van der Waals surface area contributed by atoms with Crippen LogP contribution in [-0.4, -0.2) is 43.1 Å². The van der Waals surface area contributed by atoms with E-state index in [0.717, 1.165) is 8.96 Å². The molecule has 0 saturated carbocycles.